The maximum atomic E-state index is 10.4. The van der Waals surface area contributed by atoms with Crippen molar-refractivity contribution in [2.45, 2.75) is 54.4 Å². The highest BCUT2D eigenvalue weighted by atomic mass is 16.4. The fourth-order valence-electron chi connectivity index (χ4n) is 0.953. The minimum absolute atomic E-state index is 0. The van der Waals surface area contributed by atoms with Gasteiger partial charge >= 0.3 is 5.97 Å². The van der Waals surface area contributed by atoms with Crippen LogP contribution < -0.4 is 0 Å². The Labute approximate surface area is 77.0 Å². The van der Waals surface area contributed by atoms with Crippen LogP contribution in [-0.4, -0.2) is 11.1 Å². The summed E-state index contributed by atoms with van der Waals surface area (Å²) in [5.74, 6) is -0.754. The molecule has 0 saturated carbocycles. The lowest BCUT2D eigenvalue weighted by atomic mass is 10.00. The summed E-state index contributed by atoms with van der Waals surface area (Å²) < 4.78 is 0. The van der Waals surface area contributed by atoms with Crippen LogP contribution in [-0.2, 0) is 4.79 Å². The van der Waals surface area contributed by atoms with Crippen molar-refractivity contribution in [1.82, 2.24) is 0 Å². The zero-order chi connectivity index (χ0) is 7.98. The second kappa shape index (κ2) is 10.5. The van der Waals surface area contributed by atoms with E-state index in [1.54, 1.807) is 0 Å². The zero-order valence-electron chi connectivity index (χ0n) is 6.76. The summed E-state index contributed by atoms with van der Waals surface area (Å²) in [7, 11) is 0. The molecule has 2 nitrogen and oxygen atoms in total. The van der Waals surface area contributed by atoms with Crippen molar-refractivity contribution in [1.29, 1.82) is 0 Å². The number of hydrogen-bond acceptors (Lipinski definition) is 1. The molecule has 0 aliphatic rings. The van der Waals surface area contributed by atoms with E-state index < -0.39 is 5.97 Å². The molecule has 0 aliphatic heterocycles. The third kappa shape index (κ3) is 7.58. The van der Waals surface area contributed by atoms with Crippen molar-refractivity contribution >= 4 is 5.97 Å². The summed E-state index contributed by atoms with van der Waals surface area (Å²) in [6, 6.07) is 0. The highest BCUT2D eigenvalue weighted by Gasteiger charge is 2.12. The standard InChI is InChI=1S/C8H16O2.2CH4/c1-3-5-6-7(4-2)8(9)10;;/h7H,3-6H2,1-2H3,(H,9,10);2*1H4. The van der Waals surface area contributed by atoms with Gasteiger partial charge in [-0.25, -0.2) is 0 Å². The van der Waals surface area contributed by atoms with Crippen LogP contribution in [0.3, 0.4) is 0 Å². The summed E-state index contributed by atoms with van der Waals surface area (Å²) in [6.07, 6.45) is 3.71. The fourth-order valence-corrected chi connectivity index (χ4v) is 0.953. The molecule has 0 saturated heterocycles. The first-order chi connectivity index (χ1) is 4.72. The third-order valence-corrected chi connectivity index (χ3v) is 1.75. The lowest BCUT2D eigenvalue weighted by molar-refractivity contribution is -0.142. The highest BCUT2D eigenvalue weighted by Crippen LogP contribution is 2.11. The monoisotopic (exact) mass is 176 g/mol. The van der Waals surface area contributed by atoms with Gasteiger partial charge in [-0.3, -0.25) is 4.79 Å². The van der Waals surface area contributed by atoms with Crippen LogP contribution >= 0.6 is 0 Å². The van der Waals surface area contributed by atoms with E-state index >= 15 is 0 Å². The molecule has 2 heteroatoms. The van der Waals surface area contributed by atoms with E-state index in [1.807, 2.05) is 6.92 Å². The number of aliphatic carboxylic acids is 1. The summed E-state index contributed by atoms with van der Waals surface area (Å²) in [5, 5.41) is 8.60. The normalized spacial score (nSPS) is 10.8. The van der Waals surface area contributed by atoms with Crippen LogP contribution in [0.5, 0.6) is 0 Å². The van der Waals surface area contributed by atoms with Gasteiger partial charge in [0.2, 0.25) is 0 Å². The Balaban J connectivity index is -0.000000405. The Bertz CT molecular complexity index is 100. The Morgan fingerprint density at radius 2 is 1.83 bits per heavy atom. The quantitative estimate of drug-likeness (QED) is 0.695. The summed E-state index contributed by atoms with van der Waals surface area (Å²) in [4.78, 5) is 10.4. The van der Waals surface area contributed by atoms with E-state index in [0.29, 0.717) is 0 Å². The molecule has 0 heterocycles. The van der Waals surface area contributed by atoms with Gasteiger partial charge in [0.1, 0.15) is 0 Å². The van der Waals surface area contributed by atoms with Crippen LogP contribution in [0.2, 0.25) is 0 Å². The number of carboxylic acids is 1. The number of carbonyl (C=O) groups is 1. The highest BCUT2D eigenvalue weighted by molar-refractivity contribution is 5.69. The molecular formula is C10H24O2. The van der Waals surface area contributed by atoms with Crippen molar-refractivity contribution in [3.8, 4) is 0 Å². The maximum Gasteiger partial charge on any atom is 0.306 e. The van der Waals surface area contributed by atoms with Gasteiger partial charge in [-0.05, 0) is 12.8 Å². The van der Waals surface area contributed by atoms with Crippen LogP contribution in [0.4, 0.5) is 0 Å². The van der Waals surface area contributed by atoms with Crippen molar-refractivity contribution < 1.29 is 9.90 Å². The molecule has 0 rings (SSSR count). The summed E-state index contributed by atoms with van der Waals surface area (Å²) in [5.41, 5.74) is 0. The van der Waals surface area contributed by atoms with E-state index in [-0.39, 0.29) is 20.8 Å². The molecule has 1 N–H and O–H groups in total. The Hall–Kier alpha value is -0.530. The number of rotatable bonds is 5. The predicted octanol–water partition coefficient (Wildman–Crippen LogP) is 3.56. The molecule has 0 aromatic rings. The van der Waals surface area contributed by atoms with Gasteiger partial charge in [-0.15, -0.1) is 0 Å². The van der Waals surface area contributed by atoms with Crippen molar-refractivity contribution in [3.63, 3.8) is 0 Å². The molecule has 0 fully saturated rings. The van der Waals surface area contributed by atoms with Crippen LogP contribution in [0.1, 0.15) is 54.4 Å². The van der Waals surface area contributed by atoms with Gasteiger partial charge < -0.3 is 5.11 Å². The van der Waals surface area contributed by atoms with E-state index in [9.17, 15) is 4.79 Å². The first-order valence-electron chi connectivity index (χ1n) is 3.95. The van der Waals surface area contributed by atoms with E-state index in [4.69, 9.17) is 5.11 Å². The SMILES string of the molecule is C.C.CCCCC(CC)C(=O)O. The largest absolute Gasteiger partial charge is 0.481 e. The smallest absolute Gasteiger partial charge is 0.306 e. The summed E-state index contributed by atoms with van der Waals surface area (Å²) >= 11 is 0. The van der Waals surface area contributed by atoms with Crippen LogP contribution in [0.15, 0.2) is 0 Å². The molecule has 0 aliphatic carbocycles. The lowest BCUT2D eigenvalue weighted by Crippen LogP contribution is -2.11. The average Bonchev–Trinajstić information content (AvgIpc) is 1.89. The zero-order valence-corrected chi connectivity index (χ0v) is 6.76. The van der Waals surface area contributed by atoms with Crippen LogP contribution in [0.25, 0.3) is 0 Å². The topological polar surface area (TPSA) is 37.3 Å². The minimum atomic E-state index is -0.643. The molecule has 0 radical (unpaired) electrons. The van der Waals surface area contributed by atoms with Crippen molar-refractivity contribution in [2.24, 2.45) is 5.92 Å². The molecule has 0 aromatic heterocycles. The third-order valence-electron chi connectivity index (χ3n) is 1.75. The molecule has 76 valence electrons. The second-order valence-electron chi connectivity index (χ2n) is 2.59. The second-order valence-corrected chi connectivity index (χ2v) is 2.59. The van der Waals surface area contributed by atoms with E-state index in [1.165, 1.54) is 0 Å². The number of hydrogen-bond donors (Lipinski definition) is 1. The average molecular weight is 176 g/mol. The molecule has 0 spiro atoms. The van der Waals surface area contributed by atoms with Gasteiger partial charge in [-0.1, -0.05) is 41.5 Å². The van der Waals surface area contributed by atoms with Crippen molar-refractivity contribution in [2.75, 3.05) is 0 Å². The molecule has 12 heavy (non-hydrogen) atoms. The first kappa shape index (κ1) is 17.5. The van der Waals surface area contributed by atoms with E-state index in [0.717, 1.165) is 25.7 Å². The van der Waals surface area contributed by atoms with Gasteiger partial charge in [0, 0.05) is 0 Å². The minimum Gasteiger partial charge on any atom is -0.481 e. The van der Waals surface area contributed by atoms with Gasteiger partial charge in [0.15, 0.2) is 0 Å². The molecule has 0 amide bonds. The Morgan fingerprint density at radius 3 is 2.08 bits per heavy atom. The predicted molar refractivity (Wildman–Crippen MR) is 54.4 cm³/mol. The molecule has 1 atom stereocenters. The number of unbranched alkanes of at least 4 members (excludes halogenated alkanes) is 1. The first-order valence-corrected chi connectivity index (χ1v) is 3.95. The number of carboxylic acid groups (broad SMARTS) is 1. The maximum absolute atomic E-state index is 10.4. The Kier molecular flexibility index (Phi) is 15.3. The van der Waals surface area contributed by atoms with Gasteiger partial charge in [0.25, 0.3) is 0 Å². The summed E-state index contributed by atoms with van der Waals surface area (Å²) in [6.45, 7) is 4.00. The van der Waals surface area contributed by atoms with Gasteiger partial charge in [-0.2, -0.15) is 0 Å². The Morgan fingerprint density at radius 1 is 1.33 bits per heavy atom. The molecule has 0 aromatic carbocycles. The fraction of sp³-hybridized carbons (Fsp3) is 0.900. The van der Waals surface area contributed by atoms with Gasteiger partial charge in [0.05, 0.1) is 5.92 Å². The molecule has 1 unspecified atom stereocenters. The molecular weight excluding hydrogens is 152 g/mol. The lowest BCUT2D eigenvalue weighted by Gasteiger charge is -2.06. The van der Waals surface area contributed by atoms with E-state index in [2.05, 4.69) is 6.92 Å². The van der Waals surface area contributed by atoms with Crippen LogP contribution in [0, 0.1) is 5.92 Å². The molecule has 0 bridgehead atoms. The van der Waals surface area contributed by atoms with Crippen molar-refractivity contribution in [3.05, 3.63) is 0 Å².